The van der Waals surface area contributed by atoms with Crippen LogP contribution in [0.2, 0.25) is 10.0 Å². The Morgan fingerprint density at radius 2 is 1.53 bits per heavy atom. The van der Waals surface area contributed by atoms with Crippen LogP contribution in [-0.4, -0.2) is 52.3 Å². The Labute approximate surface area is 189 Å². The van der Waals surface area contributed by atoms with Crippen molar-refractivity contribution in [3.05, 3.63) is 45.4 Å². The van der Waals surface area contributed by atoms with E-state index in [0.717, 1.165) is 62.3 Å². The summed E-state index contributed by atoms with van der Waals surface area (Å²) in [6, 6.07) is 7.53. The SMILES string of the molecule is COc1cc(N)c(CCNCCCN(C)CCc2cc(Cl)c(N)c(Cl)c2)cc1OC. The number of nitrogens with one attached hydrogen (secondary N) is 1. The Morgan fingerprint density at radius 1 is 0.900 bits per heavy atom. The molecular weight excluding hydrogens is 423 g/mol. The third-order valence-electron chi connectivity index (χ3n) is 5.03. The predicted octanol–water partition coefficient (Wildman–Crippen LogP) is 3.87. The van der Waals surface area contributed by atoms with E-state index >= 15 is 0 Å². The van der Waals surface area contributed by atoms with E-state index in [1.54, 1.807) is 14.2 Å². The molecule has 0 saturated carbocycles. The molecule has 0 amide bonds. The van der Waals surface area contributed by atoms with Gasteiger partial charge in [0.1, 0.15) is 0 Å². The highest BCUT2D eigenvalue weighted by Gasteiger charge is 2.09. The number of hydrogen-bond acceptors (Lipinski definition) is 6. The third-order valence-corrected chi connectivity index (χ3v) is 5.66. The molecule has 0 spiro atoms. The number of methoxy groups -OCH3 is 2. The van der Waals surface area contributed by atoms with Gasteiger partial charge in [-0.05, 0) is 75.3 Å². The highest BCUT2D eigenvalue weighted by molar-refractivity contribution is 6.38. The van der Waals surface area contributed by atoms with Crippen LogP contribution in [0.4, 0.5) is 11.4 Å². The van der Waals surface area contributed by atoms with Crippen LogP contribution in [0.25, 0.3) is 0 Å². The van der Waals surface area contributed by atoms with E-state index in [9.17, 15) is 0 Å². The lowest BCUT2D eigenvalue weighted by Crippen LogP contribution is -2.26. The van der Waals surface area contributed by atoms with Crippen LogP contribution in [0.1, 0.15) is 17.5 Å². The van der Waals surface area contributed by atoms with Gasteiger partial charge < -0.3 is 31.2 Å². The van der Waals surface area contributed by atoms with E-state index in [2.05, 4.69) is 17.3 Å². The maximum Gasteiger partial charge on any atom is 0.162 e. The minimum absolute atomic E-state index is 0.441. The van der Waals surface area contributed by atoms with E-state index < -0.39 is 0 Å². The Bertz CT molecular complexity index is 810. The maximum absolute atomic E-state index is 6.12. The van der Waals surface area contributed by atoms with Gasteiger partial charge >= 0.3 is 0 Å². The second-order valence-electron chi connectivity index (χ2n) is 7.29. The number of anilines is 2. The Morgan fingerprint density at radius 3 is 2.17 bits per heavy atom. The molecule has 0 fully saturated rings. The van der Waals surface area contributed by atoms with Crippen LogP contribution in [0, 0.1) is 0 Å². The Kier molecular flexibility index (Phi) is 9.85. The number of rotatable bonds is 12. The molecule has 0 unspecified atom stereocenters. The molecular formula is C22H32Cl2N4O2. The molecule has 30 heavy (non-hydrogen) atoms. The van der Waals surface area contributed by atoms with Crippen LogP contribution in [0.15, 0.2) is 24.3 Å². The monoisotopic (exact) mass is 454 g/mol. The molecule has 0 bridgehead atoms. The molecule has 8 heteroatoms. The van der Waals surface area contributed by atoms with E-state index in [4.69, 9.17) is 44.1 Å². The van der Waals surface area contributed by atoms with Gasteiger partial charge in [0.05, 0.1) is 30.0 Å². The highest BCUT2D eigenvalue weighted by atomic mass is 35.5. The zero-order valence-corrected chi connectivity index (χ0v) is 19.4. The fraction of sp³-hybridized carbons (Fsp3) is 0.455. The molecule has 0 heterocycles. The lowest BCUT2D eigenvalue weighted by atomic mass is 10.1. The summed E-state index contributed by atoms with van der Waals surface area (Å²) < 4.78 is 10.6. The summed E-state index contributed by atoms with van der Waals surface area (Å²) in [7, 11) is 5.35. The number of hydrogen-bond donors (Lipinski definition) is 3. The fourth-order valence-electron chi connectivity index (χ4n) is 3.19. The van der Waals surface area contributed by atoms with Crippen LogP contribution in [0.3, 0.4) is 0 Å². The van der Waals surface area contributed by atoms with Gasteiger partial charge in [0, 0.05) is 18.3 Å². The quantitative estimate of drug-likeness (QED) is 0.333. The number of likely N-dealkylation sites (N-methyl/N-ethyl adjacent to an activating group) is 1. The zero-order chi connectivity index (χ0) is 22.1. The number of nitrogens with zero attached hydrogens (tertiary/aromatic N) is 1. The van der Waals surface area contributed by atoms with E-state index in [-0.39, 0.29) is 0 Å². The summed E-state index contributed by atoms with van der Waals surface area (Å²) in [6.45, 7) is 3.73. The summed E-state index contributed by atoms with van der Waals surface area (Å²) in [5.41, 5.74) is 15.2. The van der Waals surface area contributed by atoms with Crippen LogP contribution in [0.5, 0.6) is 11.5 Å². The number of benzene rings is 2. The standard InChI is InChI=1S/C22H32Cl2N4O2/c1-28(10-6-15-11-17(23)22(26)18(24)12-15)9-4-7-27-8-5-16-13-20(29-2)21(30-3)14-19(16)25/h11-14,27H,4-10,25-26H2,1-3H3. The second kappa shape index (κ2) is 12.1. The van der Waals surface area contributed by atoms with Gasteiger partial charge in [0.15, 0.2) is 11.5 Å². The molecule has 0 aliphatic rings. The van der Waals surface area contributed by atoms with Crippen molar-refractivity contribution in [2.75, 3.05) is 58.9 Å². The van der Waals surface area contributed by atoms with Crippen molar-refractivity contribution in [3.63, 3.8) is 0 Å². The summed E-state index contributed by atoms with van der Waals surface area (Å²) in [5.74, 6) is 1.35. The first kappa shape index (κ1) is 24.4. The average Bonchev–Trinajstić information content (AvgIpc) is 2.73. The first-order valence-electron chi connectivity index (χ1n) is 9.98. The number of nitrogen functional groups attached to an aromatic ring is 2. The van der Waals surface area contributed by atoms with E-state index in [1.165, 1.54) is 0 Å². The molecule has 2 aromatic carbocycles. The van der Waals surface area contributed by atoms with E-state index in [1.807, 2.05) is 24.3 Å². The summed E-state index contributed by atoms with van der Waals surface area (Å²) in [6.07, 6.45) is 2.77. The predicted molar refractivity (Wildman–Crippen MR) is 127 cm³/mol. The second-order valence-corrected chi connectivity index (χ2v) is 8.10. The average molecular weight is 455 g/mol. The van der Waals surface area contributed by atoms with Crippen molar-refractivity contribution in [2.24, 2.45) is 0 Å². The van der Waals surface area contributed by atoms with E-state index in [0.29, 0.717) is 27.2 Å². The molecule has 0 aromatic heterocycles. The van der Waals surface area contributed by atoms with Gasteiger partial charge in [0.25, 0.3) is 0 Å². The first-order valence-corrected chi connectivity index (χ1v) is 10.7. The van der Waals surface area contributed by atoms with Crippen molar-refractivity contribution >= 4 is 34.6 Å². The largest absolute Gasteiger partial charge is 0.493 e. The van der Waals surface area contributed by atoms with Gasteiger partial charge in [-0.1, -0.05) is 23.2 Å². The minimum Gasteiger partial charge on any atom is -0.493 e. The van der Waals surface area contributed by atoms with Crippen molar-refractivity contribution < 1.29 is 9.47 Å². The number of ether oxygens (including phenoxy) is 2. The molecule has 2 rings (SSSR count). The molecule has 6 nitrogen and oxygen atoms in total. The smallest absolute Gasteiger partial charge is 0.162 e. The maximum atomic E-state index is 6.12. The highest BCUT2D eigenvalue weighted by Crippen LogP contribution is 2.32. The summed E-state index contributed by atoms with van der Waals surface area (Å²) >= 11 is 12.2. The van der Waals surface area contributed by atoms with Crippen molar-refractivity contribution in [1.82, 2.24) is 10.2 Å². The van der Waals surface area contributed by atoms with Crippen LogP contribution >= 0.6 is 23.2 Å². The normalized spacial score (nSPS) is 11.1. The van der Waals surface area contributed by atoms with Crippen molar-refractivity contribution in [2.45, 2.75) is 19.3 Å². The Hall–Kier alpha value is -1.86. The van der Waals surface area contributed by atoms with Gasteiger partial charge in [-0.3, -0.25) is 0 Å². The molecule has 5 N–H and O–H groups in total. The van der Waals surface area contributed by atoms with Gasteiger partial charge in [0.2, 0.25) is 0 Å². The topological polar surface area (TPSA) is 85.8 Å². The zero-order valence-electron chi connectivity index (χ0n) is 17.9. The first-order chi connectivity index (χ1) is 14.3. The lowest BCUT2D eigenvalue weighted by Gasteiger charge is -2.17. The molecule has 2 aromatic rings. The molecule has 0 aliphatic carbocycles. The molecule has 0 atom stereocenters. The number of nitrogens with two attached hydrogens (primary N) is 2. The molecule has 0 radical (unpaired) electrons. The van der Waals surface area contributed by atoms with Crippen LogP contribution in [-0.2, 0) is 12.8 Å². The van der Waals surface area contributed by atoms with Crippen LogP contribution < -0.4 is 26.3 Å². The molecule has 166 valence electrons. The van der Waals surface area contributed by atoms with Gasteiger partial charge in [-0.2, -0.15) is 0 Å². The summed E-state index contributed by atoms with van der Waals surface area (Å²) in [5, 5.41) is 4.50. The van der Waals surface area contributed by atoms with Crippen molar-refractivity contribution in [3.8, 4) is 11.5 Å². The minimum atomic E-state index is 0.441. The van der Waals surface area contributed by atoms with Gasteiger partial charge in [-0.15, -0.1) is 0 Å². The number of halogens is 2. The van der Waals surface area contributed by atoms with Crippen molar-refractivity contribution in [1.29, 1.82) is 0 Å². The van der Waals surface area contributed by atoms with Gasteiger partial charge in [-0.25, -0.2) is 0 Å². The lowest BCUT2D eigenvalue weighted by molar-refractivity contribution is 0.331. The molecule has 0 saturated heterocycles. The molecule has 0 aliphatic heterocycles. The third kappa shape index (κ3) is 7.13. The fourth-order valence-corrected chi connectivity index (χ4v) is 3.72. The Balaban J connectivity index is 1.66. The summed E-state index contributed by atoms with van der Waals surface area (Å²) in [4.78, 5) is 2.30.